The Labute approximate surface area is 218 Å². The van der Waals surface area contributed by atoms with Gasteiger partial charge < -0.3 is 34.7 Å². The number of rotatable bonds is 6. The molecule has 2 heterocycles. The molecule has 0 bridgehead atoms. The molecule has 1 aromatic heterocycles. The summed E-state index contributed by atoms with van der Waals surface area (Å²) >= 11 is 0.699. The Kier molecular flexibility index (Phi) is 9.75. The summed E-state index contributed by atoms with van der Waals surface area (Å²) in [6, 6.07) is 7.29. The third kappa shape index (κ3) is 6.47. The number of benzene rings is 1. The number of aliphatic hydroxyl groups excluding tert-OH is 4. The first-order valence-corrected chi connectivity index (χ1v) is 10.6. The van der Waals surface area contributed by atoms with Crippen LogP contribution in [0, 0.1) is 0 Å². The molecule has 30 heavy (non-hydrogen) atoms. The first-order chi connectivity index (χ1) is 13.7. The molecule has 1 aliphatic heterocycles. The van der Waals surface area contributed by atoms with Gasteiger partial charge in [0.2, 0.25) is 0 Å². The molecule has 3 rings (SSSR count). The van der Waals surface area contributed by atoms with Crippen molar-refractivity contribution in [1.29, 1.82) is 0 Å². The van der Waals surface area contributed by atoms with Crippen LogP contribution >= 0.6 is 11.8 Å². The van der Waals surface area contributed by atoms with Crippen molar-refractivity contribution in [2.45, 2.75) is 36.3 Å². The van der Waals surface area contributed by atoms with Crippen molar-refractivity contribution >= 4 is 38.1 Å². The van der Waals surface area contributed by atoms with Crippen molar-refractivity contribution in [2.75, 3.05) is 6.61 Å². The van der Waals surface area contributed by atoms with Crippen LogP contribution < -0.4 is 51.4 Å². The van der Waals surface area contributed by atoms with Gasteiger partial charge >= 0.3 is 51.4 Å². The number of para-hydroxylation sites is 1. The molecule has 0 radical (unpaired) electrons. The minimum Gasteiger partial charge on any atom is -0.714 e. The molecular formula is C16H19KN2O9S2. The first-order valence-electron chi connectivity index (χ1n) is 8.43. The van der Waals surface area contributed by atoms with E-state index in [9.17, 15) is 33.4 Å². The zero-order valence-corrected chi connectivity index (χ0v) is 20.5. The molecule has 1 saturated heterocycles. The number of aliphatic hydroxyl groups is 4. The summed E-state index contributed by atoms with van der Waals surface area (Å²) in [4.78, 5) is 3.04. The molecule has 5 atom stereocenters. The van der Waals surface area contributed by atoms with Gasteiger partial charge in [-0.3, -0.25) is 4.28 Å². The summed E-state index contributed by atoms with van der Waals surface area (Å²) in [5, 5.41) is 43.4. The monoisotopic (exact) mass is 486 g/mol. The molecule has 14 heteroatoms. The van der Waals surface area contributed by atoms with Gasteiger partial charge in [0.15, 0.2) is 0 Å². The van der Waals surface area contributed by atoms with E-state index in [1.807, 2.05) is 18.2 Å². The molecular weight excluding hydrogens is 467 g/mol. The van der Waals surface area contributed by atoms with Gasteiger partial charge in [0.05, 0.1) is 6.61 Å². The molecule has 0 amide bonds. The van der Waals surface area contributed by atoms with Gasteiger partial charge in [-0.15, -0.1) is 0 Å². The zero-order valence-electron chi connectivity index (χ0n) is 15.8. The van der Waals surface area contributed by atoms with Crippen LogP contribution in [0.4, 0.5) is 0 Å². The molecule has 0 saturated carbocycles. The Morgan fingerprint density at radius 3 is 2.60 bits per heavy atom. The van der Waals surface area contributed by atoms with E-state index in [1.54, 1.807) is 12.3 Å². The van der Waals surface area contributed by atoms with Crippen molar-refractivity contribution in [3.05, 3.63) is 36.0 Å². The van der Waals surface area contributed by atoms with Gasteiger partial charge in [0.1, 0.15) is 34.9 Å². The molecule has 2 aromatic rings. The van der Waals surface area contributed by atoms with Gasteiger partial charge in [-0.05, 0) is 11.6 Å². The van der Waals surface area contributed by atoms with Crippen LogP contribution in [-0.4, -0.2) is 79.9 Å². The van der Waals surface area contributed by atoms with E-state index in [0.717, 1.165) is 10.9 Å². The molecule has 1 aromatic carbocycles. The Hall–Kier alpha value is -0.0736. The van der Waals surface area contributed by atoms with E-state index in [4.69, 9.17) is 4.74 Å². The Morgan fingerprint density at radius 1 is 1.23 bits per heavy atom. The zero-order chi connectivity index (χ0) is 21.2. The second-order valence-electron chi connectivity index (χ2n) is 6.32. The van der Waals surface area contributed by atoms with Crippen molar-refractivity contribution in [3.63, 3.8) is 0 Å². The van der Waals surface area contributed by atoms with E-state index >= 15 is 0 Å². The average molecular weight is 487 g/mol. The average Bonchev–Trinajstić information content (AvgIpc) is 3.08. The van der Waals surface area contributed by atoms with Gasteiger partial charge in [-0.2, -0.15) is 8.42 Å². The van der Waals surface area contributed by atoms with Gasteiger partial charge in [0, 0.05) is 23.5 Å². The largest absolute Gasteiger partial charge is 1.00 e. The number of oxime groups is 1. The quantitative estimate of drug-likeness (QED) is 0.0674. The van der Waals surface area contributed by atoms with E-state index in [-0.39, 0.29) is 62.8 Å². The number of H-pyrrole nitrogens is 1. The van der Waals surface area contributed by atoms with Crippen LogP contribution in [0.3, 0.4) is 0 Å². The number of hydrogen-bond acceptors (Lipinski definition) is 11. The second kappa shape index (κ2) is 11.2. The third-order valence-electron chi connectivity index (χ3n) is 4.35. The van der Waals surface area contributed by atoms with Crippen molar-refractivity contribution < 1.29 is 93.8 Å². The summed E-state index contributed by atoms with van der Waals surface area (Å²) in [5.41, 5.74) is 0.299. The topological polar surface area (TPSA) is 185 Å². The normalized spacial score (nSPS) is 27.6. The van der Waals surface area contributed by atoms with Crippen LogP contribution in [0.15, 0.2) is 35.6 Å². The predicted octanol–water partition coefficient (Wildman–Crippen LogP) is -3.96. The second-order valence-corrected chi connectivity index (χ2v) is 8.46. The van der Waals surface area contributed by atoms with Crippen molar-refractivity contribution in [2.24, 2.45) is 5.16 Å². The fourth-order valence-corrected chi connectivity index (χ4v) is 4.24. The number of aromatic amines is 1. The summed E-state index contributed by atoms with van der Waals surface area (Å²) < 4.78 is 41.8. The number of nitrogens with one attached hydrogen (secondary N) is 1. The number of nitrogens with zero attached hydrogens (tertiary/aromatic N) is 1. The SMILES string of the molecule is O=S(=O)([O-])O/N=C(\Cc1c[nH]c2ccccc12)S[C@@H]1O[C@H](CO)[C@@H](O)[C@H](O)[C@H]1O.[K+]. The van der Waals surface area contributed by atoms with Crippen molar-refractivity contribution in [3.8, 4) is 0 Å². The Balaban J connectivity index is 0.00000320. The number of hydrogen-bond donors (Lipinski definition) is 5. The number of ether oxygens (including phenoxy) is 1. The van der Waals surface area contributed by atoms with Gasteiger partial charge in [-0.25, -0.2) is 0 Å². The summed E-state index contributed by atoms with van der Waals surface area (Å²) in [7, 11) is -5.12. The minimum absolute atomic E-state index is 0. The van der Waals surface area contributed by atoms with E-state index in [2.05, 4.69) is 14.4 Å². The number of fused-ring (bicyclic) bond motifs is 1. The van der Waals surface area contributed by atoms with Crippen LogP contribution in [-0.2, 0) is 25.8 Å². The van der Waals surface area contributed by atoms with Crippen LogP contribution in [0.2, 0.25) is 0 Å². The molecule has 160 valence electrons. The van der Waals surface area contributed by atoms with E-state index in [0.29, 0.717) is 17.3 Å². The molecule has 1 aliphatic rings. The fraction of sp³-hybridized carbons (Fsp3) is 0.438. The van der Waals surface area contributed by atoms with Gasteiger partial charge in [-0.1, -0.05) is 35.1 Å². The minimum atomic E-state index is -5.12. The standard InChI is InChI=1S/C16H20N2O9S2.K/c19-7-11-13(20)14(21)15(22)16(26-11)28-12(18-27-29(23,24)25)5-8-6-17-10-4-2-1-3-9(8)10;/h1-4,6,11,13-17,19-22H,5,7H2,(H,23,24,25);/q;+1/p-1/b18-12+;/t11-,13-,14+,15-,16+;/m1./s1. The van der Waals surface area contributed by atoms with Gasteiger partial charge in [0.25, 0.3) is 10.4 Å². The smallest absolute Gasteiger partial charge is 0.714 e. The number of thioether (sulfide) groups is 1. The molecule has 0 spiro atoms. The Morgan fingerprint density at radius 2 is 1.93 bits per heavy atom. The predicted molar refractivity (Wildman–Crippen MR) is 102 cm³/mol. The molecule has 11 nitrogen and oxygen atoms in total. The maximum absolute atomic E-state index is 10.8. The summed E-state index contributed by atoms with van der Waals surface area (Å²) in [6.07, 6.45) is -4.20. The van der Waals surface area contributed by atoms with E-state index in [1.165, 1.54) is 0 Å². The summed E-state index contributed by atoms with van der Waals surface area (Å²) in [6.45, 7) is -0.623. The fourth-order valence-electron chi connectivity index (χ4n) is 2.92. The molecule has 0 unspecified atom stereocenters. The van der Waals surface area contributed by atoms with Crippen LogP contribution in [0.25, 0.3) is 10.9 Å². The number of aromatic nitrogens is 1. The molecule has 0 aliphatic carbocycles. The van der Waals surface area contributed by atoms with Crippen molar-refractivity contribution in [1.82, 2.24) is 4.98 Å². The van der Waals surface area contributed by atoms with E-state index < -0.39 is 46.9 Å². The summed E-state index contributed by atoms with van der Waals surface area (Å²) in [5.74, 6) is 0. The maximum Gasteiger partial charge on any atom is 1.00 e. The molecule has 5 N–H and O–H groups in total. The maximum atomic E-state index is 10.8. The third-order valence-corrected chi connectivity index (χ3v) is 5.72. The molecule has 1 fully saturated rings. The Bertz CT molecular complexity index is 982. The first kappa shape index (κ1) is 26.2. The van der Waals surface area contributed by atoms with Crippen LogP contribution in [0.1, 0.15) is 5.56 Å². The van der Waals surface area contributed by atoms with Crippen LogP contribution in [0.5, 0.6) is 0 Å².